The lowest BCUT2D eigenvalue weighted by Gasteiger charge is -2.20. The maximum atomic E-state index is 12.8. The number of aromatic nitrogens is 1. The zero-order valence-corrected chi connectivity index (χ0v) is 12.3. The molecule has 2 amide bonds. The molecule has 0 aliphatic carbocycles. The fourth-order valence-electron chi connectivity index (χ4n) is 2.99. The van der Waals surface area contributed by atoms with Crippen molar-refractivity contribution in [2.75, 3.05) is 28.3 Å². The van der Waals surface area contributed by atoms with E-state index < -0.39 is 0 Å². The number of nitrogens with one attached hydrogen (secondary N) is 2. The lowest BCUT2D eigenvalue weighted by molar-refractivity contribution is 0.256. The van der Waals surface area contributed by atoms with Crippen LogP contribution in [0.15, 0.2) is 36.7 Å². The lowest BCUT2D eigenvalue weighted by Crippen LogP contribution is -2.32. The lowest BCUT2D eigenvalue weighted by atomic mass is 10.1. The number of nitrogens with zero attached hydrogens (tertiary/aromatic N) is 3. The highest BCUT2D eigenvalue weighted by Crippen LogP contribution is 2.30. The fraction of sp³-hybridized carbons (Fsp3) is 0.250. The van der Waals surface area contributed by atoms with Crippen LogP contribution in [0.4, 0.5) is 21.9 Å². The second-order valence-electron chi connectivity index (χ2n) is 5.57. The standard InChI is InChI=1S/C16H17N5O/c1-11-4-5-17-10-15(11)21-7-6-20(16(21)22)13-2-3-14-12(8-13)9-18-19-14/h2-5,8,10,18-19H,6-7,9H2,1H3. The minimum Gasteiger partial charge on any atom is -0.321 e. The Bertz CT molecular complexity index is 745. The van der Waals surface area contributed by atoms with E-state index in [1.165, 1.54) is 5.56 Å². The number of carbonyl (C=O) groups is 1. The maximum absolute atomic E-state index is 12.8. The number of pyridine rings is 1. The van der Waals surface area contributed by atoms with E-state index in [1.54, 1.807) is 17.3 Å². The van der Waals surface area contributed by atoms with Gasteiger partial charge in [0.05, 0.1) is 17.6 Å². The Morgan fingerprint density at radius 1 is 1.18 bits per heavy atom. The minimum absolute atomic E-state index is 0.00923. The molecule has 0 bridgehead atoms. The van der Waals surface area contributed by atoms with Gasteiger partial charge in [0.1, 0.15) is 0 Å². The molecule has 3 heterocycles. The Morgan fingerprint density at radius 3 is 2.91 bits per heavy atom. The van der Waals surface area contributed by atoms with Gasteiger partial charge in [-0.3, -0.25) is 14.8 Å². The van der Waals surface area contributed by atoms with Gasteiger partial charge in [0, 0.05) is 31.5 Å². The van der Waals surface area contributed by atoms with E-state index in [0.29, 0.717) is 13.1 Å². The van der Waals surface area contributed by atoms with Crippen LogP contribution in [0, 0.1) is 6.92 Å². The van der Waals surface area contributed by atoms with Crippen molar-refractivity contribution in [1.29, 1.82) is 0 Å². The fourth-order valence-corrected chi connectivity index (χ4v) is 2.99. The van der Waals surface area contributed by atoms with E-state index in [1.807, 2.05) is 30.0 Å². The van der Waals surface area contributed by atoms with Crippen molar-refractivity contribution in [3.05, 3.63) is 47.8 Å². The number of hydrogen-bond acceptors (Lipinski definition) is 4. The third kappa shape index (κ3) is 2.00. The highest BCUT2D eigenvalue weighted by molar-refractivity contribution is 6.06. The Morgan fingerprint density at radius 2 is 2.05 bits per heavy atom. The van der Waals surface area contributed by atoms with Crippen molar-refractivity contribution in [3.63, 3.8) is 0 Å². The van der Waals surface area contributed by atoms with Crippen LogP contribution in [0.25, 0.3) is 0 Å². The zero-order valence-electron chi connectivity index (χ0n) is 12.3. The second kappa shape index (κ2) is 4.99. The molecule has 112 valence electrons. The first-order chi connectivity index (χ1) is 10.7. The summed E-state index contributed by atoms with van der Waals surface area (Å²) < 4.78 is 0. The van der Waals surface area contributed by atoms with Gasteiger partial charge in [0.15, 0.2) is 0 Å². The summed E-state index contributed by atoms with van der Waals surface area (Å²) in [5.41, 5.74) is 11.3. The van der Waals surface area contributed by atoms with Crippen LogP contribution in [0.2, 0.25) is 0 Å². The van der Waals surface area contributed by atoms with Crippen molar-refractivity contribution in [3.8, 4) is 0 Å². The highest BCUT2D eigenvalue weighted by atomic mass is 16.2. The summed E-state index contributed by atoms with van der Waals surface area (Å²) in [5, 5.41) is 0. The first-order valence-electron chi connectivity index (χ1n) is 7.35. The Balaban J connectivity index is 1.63. The summed E-state index contributed by atoms with van der Waals surface area (Å²) in [6, 6.07) is 8.00. The third-order valence-corrected chi connectivity index (χ3v) is 4.21. The van der Waals surface area contributed by atoms with E-state index >= 15 is 0 Å². The molecule has 1 fully saturated rings. The van der Waals surface area contributed by atoms with Gasteiger partial charge < -0.3 is 5.43 Å². The van der Waals surface area contributed by atoms with Crippen molar-refractivity contribution in [2.24, 2.45) is 0 Å². The van der Waals surface area contributed by atoms with E-state index in [4.69, 9.17) is 0 Å². The first-order valence-corrected chi connectivity index (χ1v) is 7.35. The first kappa shape index (κ1) is 13.1. The van der Waals surface area contributed by atoms with Crippen molar-refractivity contribution < 1.29 is 4.79 Å². The number of rotatable bonds is 2. The summed E-state index contributed by atoms with van der Waals surface area (Å²) in [6.07, 6.45) is 3.50. The average molecular weight is 295 g/mol. The SMILES string of the molecule is Cc1ccncc1N1CCN(c2ccc3c(c2)CNN3)C1=O. The number of hydrazine groups is 1. The largest absolute Gasteiger partial charge is 0.329 e. The van der Waals surface area contributed by atoms with Gasteiger partial charge in [0.25, 0.3) is 0 Å². The molecular weight excluding hydrogens is 278 g/mol. The van der Waals surface area contributed by atoms with Crippen molar-refractivity contribution in [1.82, 2.24) is 10.4 Å². The van der Waals surface area contributed by atoms with Gasteiger partial charge in [-0.15, -0.1) is 0 Å². The molecule has 0 atom stereocenters. The topological polar surface area (TPSA) is 60.5 Å². The number of fused-ring (bicyclic) bond motifs is 1. The van der Waals surface area contributed by atoms with Gasteiger partial charge in [-0.05, 0) is 42.3 Å². The average Bonchev–Trinajstić information content (AvgIpc) is 3.13. The molecule has 6 heteroatoms. The molecule has 2 aromatic rings. The predicted octanol–water partition coefficient (Wildman–Crippen LogP) is 2.27. The number of benzene rings is 1. The van der Waals surface area contributed by atoms with E-state index in [0.717, 1.165) is 29.2 Å². The molecule has 22 heavy (non-hydrogen) atoms. The van der Waals surface area contributed by atoms with Crippen LogP contribution in [0.3, 0.4) is 0 Å². The van der Waals surface area contributed by atoms with Crippen LogP contribution in [-0.2, 0) is 6.54 Å². The van der Waals surface area contributed by atoms with Gasteiger partial charge in [0.2, 0.25) is 0 Å². The minimum atomic E-state index is 0.00923. The summed E-state index contributed by atoms with van der Waals surface area (Å²) >= 11 is 0. The van der Waals surface area contributed by atoms with Gasteiger partial charge in [-0.2, -0.15) is 0 Å². The smallest absolute Gasteiger partial charge is 0.321 e. The molecule has 1 aromatic heterocycles. The van der Waals surface area contributed by atoms with Crippen molar-refractivity contribution in [2.45, 2.75) is 13.5 Å². The van der Waals surface area contributed by atoms with Crippen LogP contribution in [-0.4, -0.2) is 24.1 Å². The van der Waals surface area contributed by atoms with E-state index in [9.17, 15) is 4.79 Å². The molecule has 1 aromatic carbocycles. The van der Waals surface area contributed by atoms with Gasteiger partial charge in [-0.1, -0.05) is 0 Å². The van der Waals surface area contributed by atoms with Gasteiger partial charge >= 0.3 is 6.03 Å². The molecule has 0 spiro atoms. The Hall–Kier alpha value is -2.60. The van der Waals surface area contributed by atoms with Crippen LogP contribution in [0.5, 0.6) is 0 Å². The number of anilines is 3. The summed E-state index contributed by atoms with van der Waals surface area (Å²) in [5.74, 6) is 0. The zero-order chi connectivity index (χ0) is 15.1. The number of carbonyl (C=O) groups excluding carboxylic acids is 1. The maximum Gasteiger partial charge on any atom is 0.329 e. The van der Waals surface area contributed by atoms with Gasteiger partial charge in [-0.25, -0.2) is 10.2 Å². The highest BCUT2D eigenvalue weighted by Gasteiger charge is 2.32. The Labute approximate surface area is 128 Å². The molecule has 2 aliphatic rings. The van der Waals surface area contributed by atoms with Crippen LogP contribution in [0.1, 0.15) is 11.1 Å². The molecule has 2 N–H and O–H groups in total. The van der Waals surface area contributed by atoms with Crippen molar-refractivity contribution >= 4 is 23.1 Å². The quantitative estimate of drug-likeness (QED) is 0.892. The molecule has 4 rings (SSSR count). The summed E-state index contributed by atoms with van der Waals surface area (Å²) in [6.45, 7) is 4.14. The summed E-state index contributed by atoms with van der Waals surface area (Å²) in [4.78, 5) is 20.5. The molecule has 1 saturated heterocycles. The third-order valence-electron chi connectivity index (χ3n) is 4.21. The Kier molecular flexibility index (Phi) is 2.97. The van der Waals surface area contributed by atoms with E-state index in [2.05, 4.69) is 21.9 Å². The van der Waals surface area contributed by atoms with E-state index in [-0.39, 0.29) is 6.03 Å². The molecule has 0 unspecified atom stereocenters. The number of urea groups is 1. The molecular formula is C16H17N5O. The molecule has 0 saturated carbocycles. The second-order valence-corrected chi connectivity index (χ2v) is 5.57. The number of aryl methyl sites for hydroxylation is 1. The van der Waals surface area contributed by atoms with Crippen LogP contribution < -0.4 is 20.7 Å². The number of amides is 2. The summed E-state index contributed by atoms with van der Waals surface area (Å²) in [7, 11) is 0. The van der Waals surface area contributed by atoms with Crippen LogP contribution >= 0.6 is 0 Å². The number of hydrogen-bond donors (Lipinski definition) is 2. The molecule has 2 aliphatic heterocycles. The molecule has 6 nitrogen and oxygen atoms in total. The monoisotopic (exact) mass is 295 g/mol. The normalized spacial score (nSPS) is 16.9. The molecule has 0 radical (unpaired) electrons. The predicted molar refractivity (Wildman–Crippen MR) is 86.0 cm³/mol.